The van der Waals surface area contributed by atoms with Gasteiger partial charge in [-0.2, -0.15) is 0 Å². The minimum atomic E-state index is -1.06. The van der Waals surface area contributed by atoms with E-state index in [9.17, 15) is 14.7 Å². The highest BCUT2D eigenvalue weighted by atomic mass is 32.1. The summed E-state index contributed by atoms with van der Waals surface area (Å²) in [5, 5.41) is 15.2. The van der Waals surface area contributed by atoms with Crippen LogP contribution in [-0.4, -0.2) is 41.5 Å². The lowest BCUT2D eigenvalue weighted by Gasteiger charge is -2.33. The smallest absolute Gasteiger partial charge is 0.225 e. The molecule has 0 bridgehead atoms. The lowest BCUT2D eigenvalue weighted by Crippen LogP contribution is -2.47. The molecule has 2 rings (SSSR count). The van der Waals surface area contributed by atoms with Gasteiger partial charge in [-0.3, -0.25) is 9.59 Å². The summed E-state index contributed by atoms with van der Waals surface area (Å²) < 4.78 is 0. The first-order valence-corrected chi connectivity index (χ1v) is 9.14. The van der Waals surface area contributed by atoms with Gasteiger partial charge in [0.05, 0.1) is 12.5 Å². The number of nitrogens with one attached hydrogen (secondary N) is 1. The molecule has 1 saturated heterocycles. The van der Waals surface area contributed by atoms with Crippen LogP contribution in [0.4, 0.5) is 0 Å². The van der Waals surface area contributed by atoms with Crippen LogP contribution in [0.25, 0.3) is 0 Å². The van der Waals surface area contributed by atoms with E-state index in [1.54, 1.807) is 11.8 Å². The fraction of sp³-hybridized carbons (Fsp3) is 0.647. The third kappa shape index (κ3) is 4.78. The van der Waals surface area contributed by atoms with Crippen molar-refractivity contribution in [2.24, 2.45) is 5.92 Å². The van der Waals surface area contributed by atoms with Crippen LogP contribution in [0.5, 0.6) is 0 Å². The van der Waals surface area contributed by atoms with Crippen molar-refractivity contribution in [2.75, 3.05) is 19.6 Å². The van der Waals surface area contributed by atoms with Crippen molar-refractivity contribution in [1.29, 1.82) is 0 Å². The molecule has 0 spiro atoms. The number of nitrogens with zero attached hydrogens (tertiary/aromatic N) is 1. The molecular weight excluding hydrogens is 312 g/mol. The van der Waals surface area contributed by atoms with E-state index in [1.165, 1.54) is 11.3 Å². The Kier molecular flexibility index (Phi) is 6.18. The van der Waals surface area contributed by atoms with Gasteiger partial charge in [-0.15, -0.1) is 11.3 Å². The summed E-state index contributed by atoms with van der Waals surface area (Å²) >= 11 is 1.47. The SMILES string of the molecule is CCCC(=O)N1CCCC(C(=O)NCC(C)(O)c2cccs2)C1. The van der Waals surface area contributed by atoms with Gasteiger partial charge in [-0.05, 0) is 37.6 Å². The molecule has 1 aromatic heterocycles. The first-order chi connectivity index (χ1) is 10.9. The number of carbonyl (C=O) groups excluding carboxylic acids is 2. The van der Waals surface area contributed by atoms with Crippen LogP contribution < -0.4 is 5.32 Å². The molecule has 0 aliphatic carbocycles. The topological polar surface area (TPSA) is 69.6 Å². The van der Waals surface area contributed by atoms with Crippen LogP contribution in [0.3, 0.4) is 0 Å². The number of hydrogen-bond acceptors (Lipinski definition) is 4. The van der Waals surface area contributed by atoms with Crippen LogP contribution >= 0.6 is 11.3 Å². The average Bonchev–Trinajstić information content (AvgIpc) is 3.08. The molecule has 1 aliphatic rings. The number of hydrogen-bond donors (Lipinski definition) is 2. The predicted molar refractivity (Wildman–Crippen MR) is 91.1 cm³/mol. The molecule has 2 atom stereocenters. The van der Waals surface area contributed by atoms with Gasteiger partial charge in [0.15, 0.2) is 0 Å². The van der Waals surface area contributed by atoms with Crippen molar-refractivity contribution in [1.82, 2.24) is 10.2 Å². The Morgan fingerprint density at radius 1 is 1.52 bits per heavy atom. The lowest BCUT2D eigenvalue weighted by molar-refractivity contribution is -0.136. The summed E-state index contributed by atoms with van der Waals surface area (Å²) in [6.45, 7) is 5.11. The van der Waals surface area contributed by atoms with Gasteiger partial charge in [0, 0.05) is 24.4 Å². The van der Waals surface area contributed by atoms with E-state index in [4.69, 9.17) is 0 Å². The fourth-order valence-electron chi connectivity index (χ4n) is 2.87. The maximum absolute atomic E-state index is 12.4. The Hall–Kier alpha value is -1.40. The Labute approximate surface area is 141 Å². The van der Waals surface area contributed by atoms with Crippen molar-refractivity contribution in [3.63, 3.8) is 0 Å². The largest absolute Gasteiger partial charge is 0.383 e. The van der Waals surface area contributed by atoms with E-state index in [-0.39, 0.29) is 24.3 Å². The maximum Gasteiger partial charge on any atom is 0.225 e. The van der Waals surface area contributed by atoms with Crippen LogP contribution in [0.2, 0.25) is 0 Å². The number of carbonyl (C=O) groups is 2. The third-order valence-corrected chi connectivity index (χ3v) is 5.39. The predicted octanol–water partition coefficient (Wildman–Crippen LogP) is 2.11. The van der Waals surface area contributed by atoms with Gasteiger partial charge in [0.25, 0.3) is 0 Å². The average molecular weight is 338 g/mol. The molecule has 2 N–H and O–H groups in total. The van der Waals surface area contributed by atoms with E-state index < -0.39 is 5.60 Å². The van der Waals surface area contributed by atoms with Crippen molar-refractivity contribution >= 4 is 23.2 Å². The Morgan fingerprint density at radius 3 is 2.96 bits per heavy atom. The van der Waals surface area contributed by atoms with Crippen molar-refractivity contribution < 1.29 is 14.7 Å². The molecule has 23 heavy (non-hydrogen) atoms. The number of aliphatic hydroxyl groups is 1. The first-order valence-electron chi connectivity index (χ1n) is 8.26. The van der Waals surface area contributed by atoms with Crippen molar-refractivity contribution in [2.45, 2.75) is 45.1 Å². The van der Waals surface area contributed by atoms with Gasteiger partial charge in [-0.25, -0.2) is 0 Å². The molecule has 0 radical (unpaired) electrons. The van der Waals surface area contributed by atoms with Gasteiger partial charge < -0.3 is 15.3 Å². The first kappa shape index (κ1) is 17.9. The summed E-state index contributed by atoms with van der Waals surface area (Å²) in [5.74, 6) is -0.116. The second kappa shape index (κ2) is 7.93. The molecule has 1 aliphatic heterocycles. The molecule has 2 amide bonds. The number of thiophene rings is 1. The van der Waals surface area contributed by atoms with Crippen LogP contribution in [-0.2, 0) is 15.2 Å². The third-order valence-electron chi connectivity index (χ3n) is 4.27. The zero-order chi connectivity index (χ0) is 16.9. The van der Waals surface area contributed by atoms with Crippen LogP contribution in [0, 0.1) is 5.92 Å². The number of rotatable bonds is 6. The van der Waals surface area contributed by atoms with Crippen LogP contribution in [0.1, 0.15) is 44.4 Å². The summed E-state index contributed by atoms with van der Waals surface area (Å²) in [5.41, 5.74) is -1.06. The highest BCUT2D eigenvalue weighted by molar-refractivity contribution is 7.10. The summed E-state index contributed by atoms with van der Waals surface area (Å²) in [6, 6.07) is 3.75. The summed E-state index contributed by atoms with van der Waals surface area (Å²) in [7, 11) is 0. The van der Waals surface area contributed by atoms with Gasteiger partial charge in [0.2, 0.25) is 11.8 Å². The minimum Gasteiger partial charge on any atom is -0.383 e. The van der Waals surface area contributed by atoms with Crippen LogP contribution in [0.15, 0.2) is 17.5 Å². The number of likely N-dealkylation sites (tertiary alicyclic amines) is 1. The molecule has 1 aromatic rings. The monoisotopic (exact) mass is 338 g/mol. The molecule has 128 valence electrons. The normalized spacial score (nSPS) is 20.8. The van der Waals surface area contributed by atoms with E-state index >= 15 is 0 Å². The summed E-state index contributed by atoms with van der Waals surface area (Å²) in [6.07, 6.45) is 3.02. The Balaban J connectivity index is 1.86. The summed E-state index contributed by atoms with van der Waals surface area (Å²) in [4.78, 5) is 27.0. The molecule has 2 heterocycles. The highest BCUT2D eigenvalue weighted by Crippen LogP contribution is 2.25. The minimum absolute atomic E-state index is 0.0733. The standard InChI is InChI=1S/C17H26N2O3S/c1-3-6-15(20)19-9-4-7-13(11-19)16(21)18-12-17(2,22)14-8-5-10-23-14/h5,8,10,13,22H,3-4,6-7,9,11-12H2,1-2H3,(H,18,21). The molecule has 2 unspecified atom stereocenters. The quantitative estimate of drug-likeness (QED) is 0.835. The van der Waals surface area contributed by atoms with E-state index in [0.29, 0.717) is 13.0 Å². The molecule has 6 heteroatoms. The molecule has 5 nitrogen and oxygen atoms in total. The number of piperidine rings is 1. The van der Waals surface area contributed by atoms with Crippen molar-refractivity contribution in [3.8, 4) is 0 Å². The Morgan fingerprint density at radius 2 is 2.30 bits per heavy atom. The lowest BCUT2D eigenvalue weighted by atomic mass is 9.96. The van der Waals surface area contributed by atoms with Gasteiger partial charge >= 0.3 is 0 Å². The van der Waals surface area contributed by atoms with Gasteiger partial charge in [-0.1, -0.05) is 13.0 Å². The zero-order valence-electron chi connectivity index (χ0n) is 13.9. The van der Waals surface area contributed by atoms with E-state index in [2.05, 4.69) is 5.32 Å². The van der Waals surface area contributed by atoms with E-state index in [1.807, 2.05) is 24.4 Å². The molecule has 0 saturated carbocycles. The highest BCUT2D eigenvalue weighted by Gasteiger charge is 2.30. The zero-order valence-corrected chi connectivity index (χ0v) is 14.7. The van der Waals surface area contributed by atoms with Crippen molar-refractivity contribution in [3.05, 3.63) is 22.4 Å². The number of amides is 2. The van der Waals surface area contributed by atoms with E-state index in [0.717, 1.165) is 30.7 Å². The fourth-order valence-corrected chi connectivity index (χ4v) is 3.65. The molecule has 0 aromatic carbocycles. The molecular formula is C17H26N2O3S. The maximum atomic E-state index is 12.4. The Bertz CT molecular complexity index is 528. The van der Waals surface area contributed by atoms with Gasteiger partial charge in [0.1, 0.15) is 5.60 Å². The molecule has 1 fully saturated rings. The second-order valence-corrected chi connectivity index (χ2v) is 7.35. The second-order valence-electron chi connectivity index (χ2n) is 6.40.